The lowest BCUT2D eigenvalue weighted by atomic mass is 9.84. The number of esters is 1. The average molecular weight is 348 g/mol. The molecule has 0 N–H and O–H groups in total. The summed E-state index contributed by atoms with van der Waals surface area (Å²) in [6.07, 6.45) is 21.6. The number of allylic oxidation sites excluding steroid dienone is 3. The molecule has 25 heavy (non-hydrogen) atoms. The molecule has 0 aromatic carbocycles. The maximum absolute atomic E-state index is 11.4. The number of ether oxygens (including phenoxy) is 1. The molecule has 3 nitrogen and oxygen atoms in total. The minimum Gasteiger partial charge on any atom is -0.461 e. The van der Waals surface area contributed by atoms with Gasteiger partial charge in [0, 0.05) is 25.0 Å². The van der Waals surface area contributed by atoms with E-state index in [-0.39, 0.29) is 12.1 Å². The highest BCUT2D eigenvalue weighted by Gasteiger charge is 2.40. The van der Waals surface area contributed by atoms with Crippen molar-refractivity contribution in [2.45, 2.75) is 109 Å². The van der Waals surface area contributed by atoms with Crippen molar-refractivity contribution in [1.29, 1.82) is 0 Å². The summed E-state index contributed by atoms with van der Waals surface area (Å²) >= 11 is 0. The Balaban J connectivity index is 1.87. The number of carbonyl (C=O) groups is 1. The molecule has 0 radical (unpaired) electrons. The minimum atomic E-state index is -0.148. The molecule has 0 aliphatic carbocycles. The van der Waals surface area contributed by atoms with E-state index in [1.807, 2.05) is 0 Å². The topological polar surface area (TPSA) is 29.5 Å². The summed E-state index contributed by atoms with van der Waals surface area (Å²) < 4.78 is 5.57. The lowest BCUT2D eigenvalue weighted by Crippen LogP contribution is -2.58. The molecule has 0 spiro atoms. The first-order valence-corrected chi connectivity index (χ1v) is 10.4. The zero-order valence-electron chi connectivity index (χ0n) is 16.5. The minimum absolute atomic E-state index is 0.0526. The highest BCUT2D eigenvalue weighted by Crippen LogP contribution is 2.35. The van der Waals surface area contributed by atoms with Gasteiger partial charge in [0.15, 0.2) is 0 Å². The molecule has 2 aliphatic rings. The monoisotopic (exact) mass is 347 g/mol. The van der Waals surface area contributed by atoms with Crippen LogP contribution >= 0.6 is 0 Å². The number of unbranched alkanes of at least 4 members (excludes halogenated alkanes) is 4. The van der Waals surface area contributed by atoms with E-state index in [2.05, 4.69) is 43.1 Å². The van der Waals surface area contributed by atoms with Gasteiger partial charge in [0.1, 0.15) is 6.10 Å². The first kappa shape index (κ1) is 20.2. The van der Waals surface area contributed by atoms with Crippen LogP contribution in [0.1, 0.15) is 85.0 Å². The number of hydrogen-bond donors (Lipinski definition) is 0. The molecule has 2 heterocycles. The predicted molar refractivity (Wildman–Crippen MR) is 105 cm³/mol. The van der Waals surface area contributed by atoms with Gasteiger partial charge in [-0.25, -0.2) is 0 Å². The molecule has 0 saturated carbocycles. The van der Waals surface area contributed by atoms with Gasteiger partial charge in [-0.1, -0.05) is 56.9 Å². The van der Waals surface area contributed by atoms with Crippen LogP contribution in [-0.2, 0) is 9.53 Å². The van der Waals surface area contributed by atoms with Crippen LogP contribution in [0.2, 0.25) is 0 Å². The van der Waals surface area contributed by atoms with Gasteiger partial charge in [0.25, 0.3) is 0 Å². The molecular weight excluding hydrogens is 310 g/mol. The summed E-state index contributed by atoms with van der Waals surface area (Å²) in [5.41, 5.74) is 0. The van der Waals surface area contributed by atoms with Crippen LogP contribution < -0.4 is 0 Å². The molecule has 0 bridgehead atoms. The van der Waals surface area contributed by atoms with E-state index < -0.39 is 0 Å². The van der Waals surface area contributed by atoms with Gasteiger partial charge in [-0.3, -0.25) is 9.69 Å². The smallest absolute Gasteiger partial charge is 0.302 e. The first-order valence-electron chi connectivity index (χ1n) is 10.4. The molecule has 2 saturated heterocycles. The van der Waals surface area contributed by atoms with E-state index in [0.29, 0.717) is 18.1 Å². The Bertz CT molecular complexity index is 457. The SMILES string of the molecule is CCCCCC/C=C/C=C/[C@@H]1CCCC2CC[C@@H](OC(C)=O)[C@H](C)N21. The number of fused-ring (bicyclic) bond motifs is 1. The maximum atomic E-state index is 11.4. The zero-order valence-corrected chi connectivity index (χ0v) is 16.5. The zero-order chi connectivity index (χ0) is 18.1. The quantitative estimate of drug-likeness (QED) is 0.334. The van der Waals surface area contributed by atoms with Gasteiger partial charge >= 0.3 is 5.97 Å². The van der Waals surface area contributed by atoms with Crippen molar-refractivity contribution in [2.24, 2.45) is 0 Å². The summed E-state index contributed by atoms with van der Waals surface area (Å²) in [7, 11) is 0. The van der Waals surface area contributed by atoms with Crippen molar-refractivity contribution in [2.75, 3.05) is 0 Å². The Labute approximate surface area is 154 Å². The molecular formula is C22H37NO2. The second-order valence-electron chi connectivity index (χ2n) is 7.73. The maximum Gasteiger partial charge on any atom is 0.302 e. The number of hydrogen-bond acceptors (Lipinski definition) is 3. The number of rotatable bonds is 8. The third-order valence-electron chi connectivity index (χ3n) is 5.76. The van der Waals surface area contributed by atoms with Crippen LogP contribution in [0.3, 0.4) is 0 Å². The van der Waals surface area contributed by atoms with Gasteiger partial charge in [-0.15, -0.1) is 0 Å². The molecule has 2 rings (SSSR count). The Morgan fingerprint density at radius 1 is 1.12 bits per heavy atom. The molecule has 0 aromatic rings. The van der Waals surface area contributed by atoms with Crippen LogP contribution in [-0.4, -0.2) is 35.1 Å². The average Bonchev–Trinajstić information content (AvgIpc) is 2.59. The first-order chi connectivity index (χ1) is 12.1. The number of carbonyl (C=O) groups excluding carboxylic acids is 1. The Morgan fingerprint density at radius 3 is 2.72 bits per heavy atom. The van der Waals surface area contributed by atoms with Crippen molar-refractivity contribution in [3.8, 4) is 0 Å². The molecule has 4 atom stereocenters. The molecule has 0 amide bonds. The van der Waals surface area contributed by atoms with Crippen molar-refractivity contribution >= 4 is 5.97 Å². The van der Waals surface area contributed by atoms with E-state index in [4.69, 9.17) is 4.74 Å². The third kappa shape index (κ3) is 6.29. The van der Waals surface area contributed by atoms with Gasteiger partial charge < -0.3 is 4.74 Å². The third-order valence-corrected chi connectivity index (χ3v) is 5.76. The summed E-state index contributed by atoms with van der Waals surface area (Å²) in [5.74, 6) is -0.148. The largest absolute Gasteiger partial charge is 0.461 e. The van der Waals surface area contributed by atoms with Crippen LogP contribution in [0.5, 0.6) is 0 Å². The molecule has 2 aliphatic heterocycles. The Hall–Kier alpha value is -1.09. The second kappa shape index (κ2) is 10.8. The molecule has 2 fully saturated rings. The van der Waals surface area contributed by atoms with Gasteiger partial charge in [0.05, 0.1) is 0 Å². The van der Waals surface area contributed by atoms with Gasteiger partial charge in [-0.05, 0) is 45.4 Å². The van der Waals surface area contributed by atoms with E-state index in [1.54, 1.807) is 0 Å². The fourth-order valence-corrected chi connectivity index (χ4v) is 4.47. The molecule has 1 unspecified atom stereocenters. The van der Waals surface area contributed by atoms with Crippen molar-refractivity contribution in [1.82, 2.24) is 4.90 Å². The Kier molecular flexibility index (Phi) is 8.74. The highest BCUT2D eigenvalue weighted by molar-refractivity contribution is 5.66. The van der Waals surface area contributed by atoms with E-state index in [9.17, 15) is 4.79 Å². The van der Waals surface area contributed by atoms with Gasteiger partial charge in [-0.2, -0.15) is 0 Å². The van der Waals surface area contributed by atoms with Crippen molar-refractivity contribution < 1.29 is 9.53 Å². The van der Waals surface area contributed by atoms with E-state index in [1.165, 1.54) is 58.3 Å². The lowest BCUT2D eigenvalue weighted by molar-refractivity contribution is -0.155. The fourth-order valence-electron chi connectivity index (χ4n) is 4.47. The summed E-state index contributed by atoms with van der Waals surface area (Å²) in [6, 6.07) is 1.45. The van der Waals surface area contributed by atoms with Gasteiger partial charge in [0.2, 0.25) is 0 Å². The number of nitrogens with zero attached hydrogens (tertiary/aromatic N) is 1. The standard InChI is InChI=1S/C22H37NO2/c1-4-5-6-7-8-9-10-11-13-20-14-12-15-21-16-17-22(25-19(3)24)18(2)23(20)21/h9-11,13,18,20-22H,4-8,12,14-17H2,1-3H3/b10-9+,13-11+/t18-,20+,21?,22+/m0/s1. The number of piperidine rings is 2. The van der Waals surface area contributed by atoms with E-state index >= 15 is 0 Å². The summed E-state index contributed by atoms with van der Waals surface area (Å²) in [4.78, 5) is 14.0. The predicted octanol–water partition coefficient (Wildman–Crippen LogP) is 5.41. The van der Waals surface area contributed by atoms with Crippen molar-refractivity contribution in [3.05, 3.63) is 24.3 Å². The molecule has 3 heteroatoms. The van der Waals surface area contributed by atoms with Crippen LogP contribution in [0.25, 0.3) is 0 Å². The van der Waals surface area contributed by atoms with Crippen molar-refractivity contribution in [3.63, 3.8) is 0 Å². The summed E-state index contributed by atoms with van der Waals surface area (Å²) in [6.45, 7) is 6.01. The van der Waals surface area contributed by atoms with Crippen LogP contribution in [0.15, 0.2) is 24.3 Å². The van der Waals surface area contributed by atoms with Crippen LogP contribution in [0, 0.1) is 0 Å². The lowest BCUT2D eigenvalue weighted by Gasteiger charge is -2.50. The molecule has 0 aromatic heterocycles. The van der Waals surface area contributed by atoms with Crippen LogP contribution in [0.4, 0.5) is 0 Å². The normalized spacial score (nSPS) is 30.7. The van der Waals surface area contributed by atoms with E-state index in [0.717, 1.165) is 12.8 Å². The molecule has 142 valence electrons. The highest BCUT2D eigenvalue weighted by atomic mass is 16.5. The summed E-state index contributed by atoms with van der Waals surface area (Å²) in [5, 5.41) is 0. The Morgan fingerprint density at radius 2 is 1.96 bits per heavy atom. The fraction of sp³-hybridized carbons (Fsp3) is 0.773. The second-order valence-corrected chi connectivity index (χ2v) is 7.73.